The summed E-state index contributed by atoms with van der Waals surface area (Å²) in [5.41, 5.74) is 1.04. The summed E-state index contributed by atoms with van der Waals surface area (Å²) >= 11 is 2.23. The topological polar surface area (TPSA) is 55.4 Å². The Morgan fingerprint density at radius 2 is 2.00 bits per heavy atom. The lowest BCUT2D eigenvalue weighted by atomic mass is 10.0. The van der Waals surface area contributed by atoms with Crippen LogP contribution in [0.4, 0.5) is 0 Å². The number of nitrogens with one attached hydrogen (secondary N) is 1. The number of hydrogen-bond acceptors (Lipinski definition) is 3. The Hall–Kier alpha value is -0.180. The summed E-state index contributed by atoms with van der Waals surface area (Å²) < 4.78 is 33.8. The van der Waals surface area contributed by atoms with Crippen LogP contribution < -0.4 is 4.72 Å². The van der Waals surface area contributed by atoms with E-state index in [0.29, 0.717) is 11.5 Å². The quantitative estimate of drug-likeness (QED) is 0.628. The minimum absolute atomic E-state index is 0.0455. The Bertz CT molecular complexity index is 529. The van der Waals surface area contributed by atoms with Crippen LogP contribution in [0.2, 0.25) is 0 Å². The number of alkyl halides is 1. The summed E-state index contributed by atoms with van der Waals surface area (Å²) in [5.74, 6) is 0.194. The van der Waals surface area contributed by atoms with Gasteiger partial charge in [-0.15, -0.1) is 0 Å². The second-order valence-corrected chi connectivity index (χ2v) is 7.56. The number of hydrogen-bond donors (Lipinski definition) is 1. The predicted octanol–water partition coefficient (Wildman–Crippen LogP) is 2.11. The third-order valence-electron chi connectivity index (χ3n) is 3.36. The van der Waals surface area contributed by atoms with Crippen molar-refractivity contribution in [2.45, 2.75) is 30.9 Å². The maximum Gasteiger partial charge on any atom is 0.240 e. The molecule has 1 saturated heterocycles. The van der Waals surface area contributed by atoms with Gasteiger partial charge in [-0.25, -0.2) is 13.1 Å². The van der Waals surface area contributed by atoms with Crippen molar-refractivity contribution in [3.8, 4) is 0 Å². The molecule has 0 bridgehead atoms. The molecule has 19 heavy (non-hydrogen) atoms. The van der Waals surface area contributed by atoms with E-state index in [9.17, 15) is 8.42 Å². The van der Waals surface area contributed by atoms with Crippen molar-refractivity contribution in [1.29, 1.82) is 0 Å². The molecule has 0 spiro atoms. The molecule has 4 nitrogen and oxygen atoms in total. The van der Waals surface area contributed by atoms with E-state index in [1.165, 1.54) is 0 Å². The molecule has 0 unspecified atom stereocenters. The first-order chi connectivity index (χ1) is 8.94. The first-order valence-electron chi connectivity index (χ1n) is 6.20. The lowest BCUT2D eigenvalue weighted by Gasteiger charge is -2.21. The van der Waals surface area contributed by atoms with Crippen molar-refractivity contribution in [2.75, 3.05) is 11.0 Å². The number of rotatable bonds is 4. The van der Waals surface area contributed by atoms with E-state index in [1.807, 2.05) is 13.8 Å². The monoisotopic (exact) mass is 395 g/mol. The second kappa shape index (κ2) is 6.07. The molecule has 0 saturated carbocycles. The summed E-state index contributed by atoms with van der Waals surface area (Å²) in [5, 5.41) is 0. The van der Waals surface area contributed by atoms with Gasteiger partial charge in [-0.05, 0) is 25.0 Å². The molecule has 0 aromatic heterocycles. The smallest absolute Gasteiger partial charge is 0.240 e. The second-order valence-electron chi connectivity index (χ2n) is 4.96. The minimum atomic E-state index is -3.47. The Balaban J connectivity index is 2.19. The fourth-order valence-electron chi connectivity index (χ4n) is 2.15. The molecule has 1 fully saturated rings. The lowest BCUT2D eigenvalue weighted by molar-refractivity contribution is 0.120. The van der Waals surface area contributed by atoms with Crippen LogP contribution >= 0.6 is 22.6 Å². The van der Waals surface area contributed by atoms with Crippen LogP contribution in [0.5, 0.6) is 0 Å². The van der Waals surface area contributed by atoms with Crippen molar-refractivity contribution in [3.63, 3.8) is 0 Å². The number of benzene rings is 1. The van der Waals surface area contributed by atoms with E-state index in [0.717, 1.165) is 9.99 Å². The molecule has 1 aromatic carbocycles. The van der Waals surface area contributed by atoms with Crippen molar-refractivity contribution >= 4 is 32.6 Å². The predicted molar refractivity (Wildman–Crippen MR) is 83.1 cm³/mol. The lowest BCUT2D eigenvalue weighted by Crippen LogP contribution is -2.44. The molecule has 3 atom stereocenters. The molecule has 1 aromatic rings. The SMILES string of the molecule is Cc1ccc(S(=O)(=O)N[C@H]2[C@@H](C)CO[C@@H]2CI)cc1. The molecule has 1 N–H and O–H groups in total. The zero-order valence-electron chi connectivity index (χ0n) is 11.0. The largest absolute Gasteiger partial charge is 0.375 e. The first kappa shape index (κ1) is 15.2. The van der Waals surface area contributed by atoms with E-state index in [1.54, 1.807) is 24.3 Å². The van der Waals surface area contributed by atoms with Gasteiger partial charge in [-0.3, -0.25) is 0 Å². The number of aryl methyl sites for hydroxylation is 1. The van der Waals surface area contributed by atoms with E-state index >= 15 is 0 Å². The number of halogens is 1. The Labute approximate surface area is 128 Å². The third-order valence-corrected chi connectivity index (χ3v) is 5.70. The van der Waals surface area contributed by atoms with E-state index in [-0.39, 0.29) is 18.1 Å². The summed E-state index contributed by atoms with van der Waals surface area (Å²) in [6.07, 6.45) is -0.0455. The molecule has 0 amide bonds. The van der Waals surface area contributed by atoms with Gasteiger partial charge in [-0.1, -0.05) is 47.2 Å². The van der Waals surface area contributed by atoms with Gasteiger partial charge in [0.2, 0.25) is 10.0 Å². The van der Waals surface area contributed by atoms with Gasteiger partial charge < -0.3 is 4.74 Å². The van der Waals surface area contributed by atoms with Crippen molar-refractivity contribution < 1.29 is 13.2 Å². The number of sulfonamides is 1. The van der Waals surface area contributed by atoms with Crippen molar-refractivity contribution in [3.05, 3.63) is 29.8 Å². The molecule has 6 heteroatoms. The average molecular weight is 395 g/mol. The third kappa shape index (κ3) is 3.48. The van der Waals surface area contributed by atoms with Gasteiger partial charge in [0.25, 0.3) is 0 Å². The van der Waals surface area contributed by atoms with Gasteiger partial charge in [0.1, 0.15) is 0 Å². The Kier molecular flexibility index (Phi) is 4.86. The van der Waals surface area contributed by atoms with Crippen LogP contribution in [0.3, 0.4) is 0 Å². The highest BCUT2D eigenvalue weighted by Gasteiger charge is 2.36. The van der Waals surface area contributed by atoms with Gasteiger partial charge in [0.15, 0.2) is 0 Å². The van der Waals surface area contributed by atoms with E-state index in [2.05, 4.69) is 27.3 Å². The number of ether oxygens (including phenoxy) is 1. The molecule has 0 aliphatic carbocycles. The zero-order valence-corrected chi connectivity index (χ0v) is 13.9. The van der Waals surface area contributed by atoms with Crippen molar-refractivity contribution in [2.24, 2.45) is 5.92 Å². The summed E-state index contributed by atoms with van der Waals surface area (Å²) in [6.45, 7) is 4.55. The summed E-state index contributed by atoms with van der Waals surface area (Å²) in [7, 11) is -3.47. The molecule has 1 aliphatic heterocycles. The average Bonchev–Trinajstić information content (AvgIpc) is 2.70. The summed E-state index contributed by atoms with van der Waals surface area (Å²) in [6, 6.07) is 6.73. The maximum absolute atomic E-state index is 12.3. The zero-order chi connectivity index (χ0) is 14.0. The highest BCUT2D eigenvalue weighted by Crippen LogP contribution is 2.23. The van der Waals surface area contributed by atoms with Gasteiger partial charge in [-0.2, -0.15) is 0 Å². The van der Waals surface area contributed by atoms with Crippen LogP contribution in [0.1, 0.15) is 12.5 Å². The molecular weight excluding hydrogens is 377 g/mol. The highest BCUT2D eigenvalue weighted by atomic mass is 127. The molecule has 1 heterocycles. The Morgan fingerprint density at radius 1 is 1.37 bits per heavy atom. The highest BCUT2D eigenvalue weighted by molar-refractivity contribution is 14.1. The van der Waals surface area contributed by atoms with Crippen LogP contribution in [0.25, 0.3) is 0 Å². The molecular formula is C13H18INO3S. The van der Waals surface area contributed by atoms with Gasteiger partial charge >= 0.3 is 0 Å². The van der Waals surface area contributed by atoms with Crippen molar-refractivity contribution in [1.82, 2.24) is 4.72 Å². The van der Waals surface area contributed by atoms with E-state index in [4.69, 9.17) is 4.74 Å². The van der Waals surface area contributed by atoms with Crippen LogP contribution in [0, 0.1) is 12.8 Å². The fraction of sp³-hybridized carbons (Fsp3) is 0.538. The Morgan fingerprint density at radius 3 is 2.58 bits per heavy atom. The summed E-state index contributed by atoms with van der Waals surface area (Å²) in [4.78, 5) is 0.310. The maximum atomic E-state index is 12.3. The van der Waals surface area contributed by atoms with Crippen LogP contribution in [-0.4, -0.2) is 31.6 Å². The molecule has 106 valence electrons. The van der Waals surface area contributed by atoms with Crippen LogP contribution in [0.15, 0.2) is 29.2 Å². The first-order valence-corrected chi connectivity index (χ1v) is 9.21. The molecule has 1 aliphatic rings. The molecule has 2 rings (SSSR count). The normalized spacial score (nSPS) is 27.6. The molecule has 0 radical (unpaired) electrons. The van der Waals surface area contributed by atoms with Crippen LogP contribution in [-0.2, 0) is 14.8 Å². The standard InChI is InChI=1S/C13H18INO3S/c1-9-3-5-11(6-4-9)19(16,17)15-13-10(2)8-18-12(13)7-14/h3-6,10,12-13,15H,7-8H2,1-2H3/t10-,12+,13-/m0/s1. The minimum Gasteiger partial charge on any atom is -0.375 e. The van der Waals surface area contributed by atoms with E-state index < -0.39 is 10.0 Å². The van der Waals surface area contributed by atoms with Gasteiger partial charge in [0, 0.05) is 4.43 Å². The fourth-order valence-corrected chi connectivity index (χ4v) is 4.32. The van der Waals surface area contributed by atoms with Gasteiger partial charge in [0.05, 0.1) is 23.6 Å².